The highest BCUT2D eigenvalue weighted by Gasteiger charge is 2.36. The van der Waals surface area contributed by atoms with Gasteiger partial charge < -0.3 is 5.11 Å². The Morgan fingerprint density at radius 1 is 1.15 bits per heavy atom. The zero-order valence-corrected chi connectivity index (χ0v) is 14.5. The molecule has 1 aliphatic heterocycles. The van der Waals surface area contributed by atoms with Crippen LogP contribution in [0.3, 0.4) is 0 Å². The first-order valence-corrected chi connectivity index (χ1v) is 8.50. The second-order valence-corrected chi connectivity index (χ2v) is 6.54. The molecule has 0 saturated carbocycles. The van der Waals surface area contributed by atoms with Crippen LogP contribution < -0.4 is 0 Å². The first-order valence-electron chi connectivity index (χ1n) is 7.68. The van der Waals surface area contributed by atoms with Gasteiger partial charge in [-0.2, -0.15) is 0 Å². The van der Waals surface area contributed by atoms with Gasteiger partial charge >= 0.3 is 5.97 Å². The monoisotopic (exact) mass is 384 g/mol. The van der Waals surface area contributed by atoms with Crippen LogP contribution in [-0.2, 0) is 11.3 Å². The molecule has 3 rings (SSSR count). The molecule has 0 spiro atoms. The first-order chi connectivity index (χ1) is 12.9. The van der Waals surface area contributed by atoms with Crippen LogP contribution in [0, 0.1) is 10.1 Å². The van der Waals surface area contributed by atoms with Crippen molar-refractivity contribution >= 4 is 40.6 Å². The Labute approximate surface area is 157 Å². The molecular weight excluding hydrogens is 372 g/mol. The lowest BCUT2D eigenvalue weighted by atomic mass is 10.1. The third-order valence-electron chi connectivity index (χ3n) is 3.87. The summed E-state index contributed by atoms with van der Waals surface area (Å²) >= 11 is 0.666. The van der Waals surface area contributed by atoms with Gasteiger partial charge in [-0.05, 0) is 29.5 Å². The summed E-state index contributed by atoms with van der Waals surface area (Å²) in [4.78, 5) is 47.6. The number of thioether (sulfide) groups is 1. The zero-order valence-electron chi connectivity index (χ0n) is 13.7. The summed E-state index contributed by atoms with van der Waals surface area (Å²) in [6.45, 7) is -0.236. The Morgan fingerprint density at radius 3 is 2.52 bits per heavy atom. The molecule has 1 aliphatic rings. The molecule has 2 aromatic carbocycles. The van der Waals surface area contributed by atoms with Crippen molar-refractivity contribution < 1.29 is 24.4 Å². The fourth-order valence-electron chi connectivity index (χ4n) is 2.59. The zero-order chi connectivity index (χ0) is 19.6. The van der Waals surface area contributed by atoms with Crippen molar-refractivity contribution in [2.24, 2.45) is 0 Å². The Hall–Kier alpha value is -3.46. The van der Waals surface area contributed by atoms with E-state index < -0.39 is 22.0 Å². The number of nitro groups is 1. The second kappa shape index (κ2) is 7.42. The predicted octanol–water partition coefficient (Wildman–Crippen LogP) is 3.53. The van der Waals surface area contributed by atoms with E-state index in [4.69, 9.17) is 0 Å². The van der Waals surface area contributed by atoms with Gasteiger partial charge in [-0.25, -0.2) is 4.79 Å². The van der Waals surface area contributed by atoms with E-state index in [0.29, 0.717) is 17.3 Å². The molecule has 2 amide bonds. The van der Waals surface area contributed by atoms with E-state index in [1.807, 2.05) is 0 Å². The first kappa shape index (κ1) is 18.3. The van der Waals surface area contributed by atoms with E-state index in [0.717, 1.165) is 4.90 Å². The van der Waals surface area contributed by atoms with E-state index in [9.17, 15) is 29.6 Å². The van der Waals surface area contributed by atoms with Gasteiger partial charge in [0.2, 0.25) is 0 Å². The normalized spacial score (nSPS) is 15.4. The van der Waals surface area contributed by atoms with E-state index in [1.54, 1.807) is 18.2 Å². The van der Waals surface area contributed by atoms with Crippen LogP contribution >= 0.6 is 11.8 Å². The third-order valence-corrected chi connectivity index (χ3v) is 4.78. The second-order valence-electron chi connectivity index (χ2n) is 5.55. The molecule has 1 saturated heterocycles. The largest absolute Gasteiger partial charge is 0.478 e. The minimum Gasteiger partial charge on any atom is -0.478 e. The van der Waals surface area contributed by atoms with Gasteiger partial charge in [0.05, 0.1) is 21.9 Å². The molecule has 9 heteroatoms. The molecular formula is C18H12N2O6S. The van der Waals surface area contributed by atoms with Crippen molar-refractivity contribution in [1.82, 2.24) is 4.90 Å². The number of para-hydroxylation sites is 1. The molecule has 8 nitrogen and oxygen atoms in total. The van der Waals surface area contributed by atoms with Gasteiger partial charge in [-0.1, -0.05) is 36.4 Å². The van der Waals surface area contributed by atoms with Gasteiger partial charge in [0.1, 0.15) is 0 Å². The number of carboxylic acids is 1. The number of hydrogen-bond acceptors (Lipinski definition) is 6. The molecule has 0 radical (unpaired) electrons. The maximum Gasteiger partial charge on any atom is 0.336 e. The summed E-state index contributed by atoms with van der Waals surface area (Å²) in [5.41, 5.74) is 0.345. The summed E-state index contributed by atoms with van der Waals surface area (Å²) in [6.07, 6.45) is 1.34. The molecule has 0 aliphatic carbocycles. The molecule has 0 atom stereocenters. The Kier molecular flexibility index (Phi) is 5.04. The van der Waals surface area contributed by atoms with Crippen LogP contribution in [0.1, 0.15) is 21.5 Å². The topological polar surface area (TPSA) is 118 Å². The van der Waals surface area contributed by atoms with Crippen molar-refractivity contribution in [2.75, 3.05) is 0 Å². The average Bonchev–Trinajstić information content (AvgIpc) is 2.90. The number of carboxylic acid groups (broad SMARTS) is 1. The number of rotatable bonds is 5. The SMILES string of the molecule is O=C(O)c1ccccc1/C=C1\SC(=O)N(Cc2ccccc2[N+](=O)[O-])C1=O. The number of hydrogen-bond donors (Lipinski definition) is 1. The van der Waals surface area contributed by atoms with E-state index in [-0.39, 0.29) is 28.3 Å². The van der Waals surface area contributed by atoms with Crippen molar-refractivity contribution in [3.05, 3.63) is 80.2 Å². The average molecular weight is 384 g/mol. The van der Waals surface area contributed by atoms with Crippen molar-refractivity contribution in [1.29, 1.82) is 0 Å². The van der Waals surface area contributed by atoms with Gasteiger partial charge in [0, 0.05) is 11.6 Å². The lowest BCUT2D eigenvalue weighted by molar-refractivity contribution is -0.385. The molecule has 0 bridgehead atoms. The highest BCUT2D eigenvalue weighted by molar-refractivity contribution is 8.18. The lowest BCUT2D eigenvalue weighted by Gasteiger charge is -2.12. The van der Waals surface area contributed by atoms with Crippen LogP contribution in [0.4, 0.5) is 10.5 Å². The van der Waals surface area contributed by atoms with E-state index >= 15 is 0 Å². The smallest absolute Gasteiger partial charge is 0.336 e. The molecule has 27 heavy (non-hydrogen) atoms. The van der Waals surface area contributed by atoms with Gasteiger partial charge in [-0.3, -0.25) is 24.6 Å². The molecule has 0 aromatic heterocycles. The highest BCUT2D eigenvalue weighted by atomic mass is 32.2. The number of aromatic carboxylic acids is 1. The van der Waals surface area contributed by atoms with Crippen molar-refractivity contribution in [3.63, 3.8) is 0 Å². The fourth-order valence-corrected chi connectivity index (χ4v) is 3.42. The van der Waals surface area contributed by atoms with Crippen molar-refractivity contribution in [2.45, 2.75) is 6.54 Å². The number of carbonyl (C=O) groups is 3. The molecule has 136 valence electrons. The van der Waals surface area contributed by atoms with E-state index in [1.165, 1.54) is 36.4 Å². The Bertz CT molecular complexity index is 1000. The van der Waals surface area contributed by atoms with Crippen LogP contribution in [-0.4, -0.2) is 32.0 Å². The Balaban J connectivity index is 1.91. The van der Waals surface area contributed by atoms with Crippen LogP contribution in [0.25, 0.3) is 6.08 Å². The summed E-state index contributed by atoms with van der Waals surface area (Å²) in [5.74, 6) is -1.77. The number of imide groups is 1. The predicted molar refractivity (Wildman–Crippen MR) is 98.0 cm³/mol. The Morgan fingerprint density at radius 2 is 1.81 bits per heavy atom. The molecule has 1 heterocycles. The number of nitro benzene ring substituents is 1. The van der Waals surface area contributed by atoms with Crippen LogP contribution in [0.15, 0.2) is 53.4 Å². The molecule has 1 N–H and O–H groups in total. The highest BCUT2D eigenvalue weighted by Crippen LogP contribution is 2.34. The number of nitrogens with zero attached hydrogens (tertiary/aromatic N) is 2. The molecule has 0 unspecified atom stereocenters. The number of benzene rings is 2. The fraction of sp³-hybridized carbons (Fsp3) is 0.0556. The van der Waals surface area contributed by atoms with Gasteiger partial charge in [-0.15, -0.1) is 0 Å². The molecule has 1 fully saturated rings. The maximum atomic E-state index is 12.6. The summed E-state index contributed by atoms with van der Waals surface area (Å²) in [5, 5.41) is 19.8. The number of carbonyl (C=O) groups excluding carboxylic acids is 2. The standard InChI is InChI=1S/C18H12N2O6S/c21-16-15(9-11-5-1-3-7-13(11)17(22)23)27-18(24)19(16)10-12-6-2-4-8-14(12)20(25)26/h1-9H,10H2,(H,22,23)/b15-9-. The number of amides is 2. The summed E-state index contributed by atoms with van der Waals surface area (Å²) in [6, 6.07) is 12.0. The molecule has 2 aromatic rings. The van der Waals surface area contributed by atoms with Gasteiger partial charge in [0.25, 0.3) is 16.8 Å². The maximum absolute atomic E-state index is 12.6. The van der Waals surface area contributed by atoms with Crippen LogP contribution in [0.5, 0.6) is 0 Å². The summed E-state index contributed by atoms with van der Waals surface area (Å²) < 4.78 is 0. The van der Waals surface area contributed by atoms with Crippen LogP contribution in [0.2, 0.25) is 0 Å². The minimum atomic E-state index is -1.15. The minimum absolute atomic E-state index is 0.00277. The lowest BCUT2D eigenvalue weighted by Crippen LogP contribution is -2.27. The van der Waals surface area contributed by atoms with Crippen molar-refractivity contribution in [3.8, 4) is 0 Å². The quantitative estimate of drug-likeness (QED) is 0.476. The summed E-state index contributed by atoms with van der Waals surface area (Å²) in [7, 11) is 0. The van der Waals surface area contributed by atoms with E-state index in [2.05, 4.69) is 0 Å². The van der Waals surface area contributed by atoms with Gasteiger partial charge in [0.15, 0.2) is 0 Å². The third kappa shape index (κ3) is 3.72.